The van der Waals surface area contributed by atoms with Crippen LogP contribution in [0.3, 0.4) is 0 Å². The molecule has 1 aliphatic heterocycles. The van der Waals surface area contributed by atoms with Gasteiger partial charge in [0.25, 0.3) is 0 Å². The van der Waals surface area contributed by atoms with Crippen LogP contribution < -0.4 is 0 Å². The Kier molecular flexibility index (Phi) is 3.15. The van der Waals surface area contributed by atoms with E-state index in [2.05, 4.69) is 0 Å². The van der Waals surface area contributed by atoms with Gasteiger partial charge < -0.3 is 0 Å². The van der Waals surface area contributed by atoms with Gasteiger partial charge in [0.15, 0.2) is 0 Å². The first-order valence-electron chi connectivity index (χ1n) is 2.65. The summed E-state index contributed by atoms with van der Waals surface area (Å²) in [6.07, 6.45) is 0. The van der Waals surface area contributed by atoms with E-state index >= 15 is 0 Å². The third kappa shape index (κ3) is 2.07. The minimum absolute atomic E-state index is 0.454. The zero-order chi connectivity index (χ0) is 8.43. The van der Waals surface area contributed by atoms with Crippen LogP contribution in [0.2, 0.25) is 0 Å². The Labute approximate surface area is 75.8 Å². The third-order valence-electron chi connectivity index (χ3n) is 1.11. The average molecular weight is 256 g/mol. The zero-order valence-electron chi connectivity index (χ0n) is 5.18. The fourth-order valence-corrected chi connectivity index (χ4v) is 11.9. The van der Waals surface area contributed by atoms with Crippen molar-refractivity contribution >= 4 is 45.4 Å². The molecule has 0 aliphatic carbocycles. The van der Waals surface area contributed by atoms with Gasteiger partial charge in [0, 0.05) is 0 Å². The second-order valence-electron chi connectivity index (χ2n) is 1.84. The zero-order valence-corrected chi connectivity index (χ0v) is 8.91. The molecule has 2 N–H and O–H groups in total. The van der Waals surface area contributed by atoms with Gasteiger partial charge in [0.05, 0.1) is 0 Å². The molecule has 2 unspecified atom stereocenters. The van der Waals surface area contributed by atoms with E-state index in [9.17, 15) is 9.59 Å². The molecule has 0 aromatic carbocycles. The van der Waals surface area contributed by atoms with Crippen LogP contribution in [-0.4, -0.2) is 46.1 Å². The second kappa shape index (κ2) is 3.74. The van der Waals surface area contributed by atoms with E-state index in [1.807, 2.05) is 0 Å². The van der Waals surface area contributed by atoms with Crippen molar-refractivity contribution in [2.24, 2.45) is 0 Å². The molecule has 0 saturated carbocycles. The number of carbonyl (C=O) groups is 2. The molecule has 4 nitrogen and oxygen atoms in total. The van der Waals surface area contributed by atoms with Crippen LogP contribution in [0.25, 0.3) is 0 Å². The third-order valence-corrected chi connectivity index (χ3v) is 10.3. The molecule has 11 heavy (non-hydrogen) atoms. The Hall–Kier alpha value is 0.198. The SMILES string of the molecule is O=C(O)C1S[AsH]SC1C(=O)O. The summed E-state index contributed by atoms with van der Waals surface area (Å²) in [5, 5.41) is 15.7. The van der Waals surface area contributed by atoms with Gasteiger partial charge in [-0.15, -0.1) is 0 Å². The van der Waals surface area contributed by atoms with Crippen LogP contribution in [0.5, 0.6) is 0 Å². The fraction of sp³-hybridized carbons (Fsp3) is 0.500. The van der Waals surface area contributed by atoms with Gasteiger partial charge in [-0.05, 0) is 0 Å². The molecule has 62 valence electrons. The van der Waals surface area contributed by atoms with Crippen molar-refractivity contribution in [2.45, 2.75) is 10.5 Å². The summed E-state index contributed by atoms with van der Waals surface area (Å²) >= 11 is -0.454. The van der Waals surface area contributed by atoms with Gasteiger partial charge >= 0.3 is 75.7 Å². The number of hydrogen-bond acceptors (Lipinski definition) is 4. The first-order chi connectivity index (χ1) is 5.13. The Morgan fingerprint density at radius 3 is 1.73 bits per heavy atom. The normalized spacial score (nSPS) is 32.4. The van der Waals surface area contributed by atoms with Crippen LogP contribution in [-0.2, 0) is 9.59 Å². The molecule has 0 aromatic rings. The molecule has 7 heteroatoms. The maximum absolute atomic E-state index is 10.4. The van der Waals surface area contributed by atoms with Crippen molar-refractivity contribution in [2.75, 3.05) is 0 Å². The molecule has 0 amide bonds. The van der Waals surface area contributed by atoms with Crippen LogP contribution in [0.1, 0.15) is 0 Å². The monoisotopic (exact) mass is 256 g/mol. The van der Waals surface area contributed by atoms with Gasteiger partial charge in [0.2, 0.25) is 0 Å². The Bertz CT molecular complexity index is 177. The molecule has 1 rings (SSSR count). The Morgan fingerprint density at radius 1 is 1.09 bits per heavy atom. The van der Waals surface area contributed by atoms with E-state index in [0.29, 0.717) is 0 Å². The molecule has 0 radical (unpaired) electrons. The van der Waals surface area contributed by atoms with Crippen molar-refractivity contribution < 1.29 is 19.8 Å². The average Bonchev–Trinajstić information content (AvgIpc) is 2.32. The fourth-order valence-electron chi connectivity index (χ4n) is 0.615. The quantitative estimate of drug-likeness (QED) is 0.657. The number of rotatable bonds is 2. The second-order valence-corrected chi connectivity index (χ2v) is 10.1. The van der Waals surface area contributed by atoms with Gasteiger partial charge in [-0.2, -0.15) is 0 Å². The topological polar surface area (TPSA) is 74.6 Å². The van der Waals surface area contributed by atoms with E-state index in [1.165, 1.54) is 20.0 Å². The first-order valence-corrected chi connectivity index (χ1v) is 9.54. The molecular weight excluding hydrogens is 251 g/mol. The number of carboxylic acid groups (broad SMARTS) is 2. The van der Waals surface area contributed by atoms with Gasteiger partial charge in [0.1, 0.15) is 0 Å². The number of carboxylic acids is 2. The standard InChI is InChI=1S/C4H5AsO4S2/c6-3(7)1-2(4(8)9)11-5-10-1/h1-2,5H,(H,6,7)(H,8,9). The molecule has 1 aliphatic rings. The summed E-state index contributed by atoms with van der Waals surface area (Å²) < 4.78 is 0. The summed E-state index contributed by atoms with van der Waals surface area (Å²) in [5.74, 6) is -2.01. The molecule has 2 atom stereocenters. The van der Waals surface area contributed by atoms with Gasteiger partial charge in [-0.25, -0.2) is 0 Å². The van der Waals surface area contributed by atoms with Gasteiger partial charge in [-0.3, -0.25) is 0 Å². The van der Waals surface area contributed by atoms with Crippen molar-refractivity contribution in [1.29, 1.82) is 0 Å². The molecule has 1 heterocycles. The van der Waals surface area contributed by atoms with Crippen LogP contribution in [0.4, 0.5) is 0 Å². The maximum atomic E-state index is 10.4. The number of aliphatic carboxylic acids is 2. The van der Waals surface area contributed by atoms with E-state index < -0.39 is 35.9 Å². The van der Waals surface area contributed by atoms with Crippen molar-refractivity contribution in [3.05, 3.63) is 0 Å². The van der Waals surface area contributed by atoms with E-state index in [4.69, 9.17) is 10.2 Å². The Balaban J connectivity index is 2.65. The van der Waals surface area contributed by atoms with Crippen molar-refractivity contribution in [3.63, 3.8) is 0 Å². The molecule has 0 bridgehead atoms. The van der Waals surface area contributed by atoms with Crippen molar-refractivity contribution in [3.8, 4) is 0 Å². The van der Waals surface area contributed by atoms with E-state index in [-0.39, 0.29) is 0 Å². The van der Waals surface area contributed by atoms with E-state index in [0.717, 1.165) is 0 Å². The minimum atomic E-state index is -1.00. The summed E-state index contributed by atoms with van der Waals surface area (Å²) in [4.78, 5) is 20.9. The predicted molar refractivity (Wildman–Crippen MR) is 45.2 cm³/mol. The van der Waals surface area contributed by atoms with Crippen LogP contribution >= 0.6 is 20.0 Å². The molecular formula is C4H5AsO4S2. The van der Waals surface area contributed by atoms with Crippen LogP contribution in [0, 0.1) is 0 Å². The Morgan fingerprint density at radius 2 is 1.45 bits per heavy atom. The first kappa shape index (κ1) is 9.29. The number of hydrogen-bond donors (Lipinski definition) is 2. The predicted octanol–water partition coefficient (Wildman–Crippen LogP) is -0.361. The summed E-state index contributed by atoms with van der Waals surface area (Å²) in [6.45, 7) is 0. The summed E-state index contributed by atoms with van der Waals surface area (Å²) in [7, 11) is 2.59. The van der Waals surface area contributed by atoms with Crippen molar-refractivity contribution in [1.82, 2.24) is 0 Å². The molecule has 0 aromatic heterocycles. The van der Waals surface area contributed by atoms with E-state index in [1.54, 1.807) is 0 Å². The molecule has 0 spiro atoms. The van der Waals surface area contributed by atoms with Crippen LogP contribution in [0.15, 0.2) is 0 Å². The summed E-state index contributed by atoms with van der Waals surface area (Å²) in [6, 6.07) is 0. The summed E-state index contributed by atoms with van der Waals surface area (Å²) in [5.41, 5.74) is 0. The molecule has 1 fully saturated rings. The van der Waals surface area contributed by atoms with Gasteiger partial charge in [-0.1, -0.05) is 0 Å². The molecule has 1 saturated heterocycles.